The fourth-order valence-electron chi connectivity index (χ4n) is 1.47. The number of aryl methyl sites for hydroxylation is 2. The molecule has 6 heteroatoms. The molecule has 94 valence electrons. The third-order valence-corrected chi connectivity index (χ3v) is 3.75. The molecule has 0 aromatic heterocycles. The molecule has 1 aliphatic heterocycles. The Morgan fingerprint density at radius 1 is 1.39 bits per heavy atom. The number of amidine groups is 1. The minimum atomic E-state index is -0.0348. The van der Waals surface area contributed by atoms with Gasteiger partial charge >= 0.3 is 0 Å². The van der Waals surface area contributed by atoms with E-state index in [1.54, 1.807) is 6.21 Å². The van der Waals surface area contributed by atoms with Crippen LogP contribution in [0.4, 0.5) is 0 Å². The molecule has 1 heterocycles. The molecule has 0 aliphatic carbocycles. The molecule has 1 aromatic rings. The van der Waals surface area contributed by atoms with Crippen molar-refractivity contribution in [2.24, 2.45) is 10.2 Å². The van der Waals surface area contributed by atoms with Gasteiger partial charge in [-0.1, -0.05) is 23.4 Å². The molecule has 1 fully saturated rings. The highest BCUT2D eigenvalue weighted by molar-refractivity contribution is 8.15. The minimum absolute atomic E-state index is 0.0348. The van der Waals surface area contributed by atoms with Crippen molar-refractivity contribution in [3.05, 3.63) is 33.8 Å². The zero-order chi connectivity index (χ0) is 13.1. The van der Waals surface area contributed by atoms with Gasteiger partial charge in [0.15, 0.2) is 5.17 Å². The molecule has 0 radical (unpaired) electrons. The molecule has 0 atom stereocenters. The number of nitrogens with zero attached hydrogens (tertiary/aromatic N) is 2. The second-order valence-corrected chi connectivity index (χ2v) is 5.32. The first-order valence-electron chi connectivity index (χ1n) is 5.36. The van der Waals surface area contributed by atoms with E-state index in [2.05, 4.69) is 15.5 Å². The van der Waals surface area contributed by atoms with Gasteiger partial charge in [-0.3, -0.25) is 4.79 Å². The molecule has 4 nitrogen and oxygen atoms in total. The third kappa shape index (κ3) is 3.11. The summed E-state index contributed by atoms with van der Waals surface area (Å²) in [4.78, 5) is 10.9. The first-order valence-corrected chi connectivity index (χ1v) is 6.73. The largest absolute Gasteiger partial charge is 0.303 e. The second kappa shape index (κ2) is 5.54. The van der Waals surface area contributed by atoms with Crippen LogP contribution < -0.4 is 5.32 Å². The summed E-state index contributed by atoms with van der Waals surface area (Å²) in [6.45, 7) is 3.91. The predicted octanol–water partition coefficient (Wildman–Crippen LogP) is 2.51. The van der Waals surface area contributed by atoms with Crippen molar-refractivity contribution >= 4 is 40.7 Å². The smallest absolute Gasteiger partial charge is 0.236 e. The number of hydrogen-bond acceptors (Lipinski definition) is 4. The summed E-state index contributed by atoms with van der Waals surface area (Å²) >= 11 is 7.37. The van der Waals surface area contributed by atoms with Crippen LogP contribution in [0.2, 0.25) is 5.02 Å². The van der Waals surface area contributed by atoms with E-state index in [1.807, 2.05) is 26.0 Å². The van der Waals surface area contributed by atoms with Crippen LogP contribution in [0.1, 0.15) is 16.7 Å². The van der Waals surface area contributed by atoms with E-state index in [9.17, 15) is 4.79 Å². The van der Waals surface area contributed by atoms with Crippen molar-refractivity contribution in [3.63, 3.8) is 0 Å². The van der Waals surface area contributed by atoms with Gasteiger partial charge in [0, 0.05) is 5.02 Å². The molecule has 0 unspecified atom stereocenters. The summed E-state index contributed by atoms with van der Waals surface area (Å²) in [5.41, 5.74) is 3.01. The van der Waals surface area contributed by atoms with Gasteiger partial charge in [-0.2, -0.15) is 5.10 Å². The summed E-state index contributed by atoms with van der Waals surface area (Å²) in [5, 5.41) is 11.8. The van der Waals surface area contributed by atoms with Gasteiger partial charge in [0.25, 0.3) is 0 Å². The van der Waals surface area contributed by atoms with Crippen molar-refractivity contribution in [3.8, 4) is 0 Å². The monoisotopic (exact) mass is 281 g/mol. The van der Waals surface area contributed by atoms with Crippen LogP contribution in [-0.4, -0.2) is 23.0 Å². The highest BCUT2D eigenvalue weighted by Gasteiger charge is 2.15. The molecular formula is C12H12ClN3OS. The van der Waals surface area contributed by atoms with E-state index >= 15 is 0 Å². The Morgan fingerprint density at radius 2 is 2.17 bits per heavy atom. The first-order chi connectivity index (χ1) is 8.56. The summed E-state index contributed by atoms with van der Waals surface area (Å²) in [5.74, 6) is 0.375. The van der Waals surface area contributed by atoms with E-state index in [-0.39, 0.29) is 5.91 Å². The number of nitrogens with one attached hydrogen (secondary N) is 1. The Morgan fingerprint density at radius 3 is 2.83 bits per heavy atom. The lowest BCUT2D eigenvalue weighted by atomic mass is 10.1. The molecule has 1 aliphatic rings. The van der Waals surface area contributed by atoms with Crippen LogP contribution in [0.25, 0.3) is 0 Å². The lowest BCUT2D eigenvalue weighted by molar-refractivity contribution is -0.116. The fraction of sp³-hybridized carbons (Fsp3) is 0.250. The Kier molecular flexibility index (Phi) is 4.04. The van der Waals surface area contributed by atoms with Crippen LogP contribution in [0.15, 0.2) is 22.3 Å². The number of benzene rings is 1. The molecule has 18 heavy (non-hydrogen) atoms. The van der Waals surface area contributed by atoms with Crippen molar-refractivity contribution in [2.45, 2.75) is 13.8 Å². The number of thioether (sulfide) groups is 1. The van der Waals surface area contributed by atoms with E-state index in [4.69, 9.17) is 11.6 Å². The van der Waals surface area contributed by atoms with E-state index in [0.29, 0.717) is 10.9 Å². The molecule has 2 rings (SSSR count). The third-order valence-electron chi connectivity index (χ3n) is 2.48. The molecule has 0 saturated carbocycles. The maximum Gasteiger partial charge on any atom is 0.236 e. The average molecular weight is 282 g/mol. The molecule has 1 amide bonds. The van der Waals surface area contributed by atoms with Gasteiger partial charge in [0.2, 0.25) is 5.91 Å². The Hall–Kier alpha value is -1.33. The minimum Gasteiger partial charge on any atom is -0.303 e. The SMILES string of the molecule is Cc1cc(C=NN=C2NC(=O)CS2)c(C)cc1Cl. The first kappa shape index (κ1) is 13.1. The molecule has 1 aromatic carbocycles. The Bertz CT molecular complexity index is 554. The van der Waals surface area contributed by atoms with E-state index in [1.165, 1.54) is 11.8 Å². The summed E-state index contributed by atoms with van der Waals surface area (Å²) < 4.78 is 0. The van der Waals surface area contributed by atoms with Crippen LogP contribution in [0.3, 0.4) is 0 Å². The summed E-state index contributed by atoms with van der Waals surface area (Å²) in [7, 11) is 0. The van der Waals surface area contributed by atoms with Crippen LogP contribution >= 0.6 is 23.4 Å². The zero-order valence-corrected chi connectivity index (χ0v) is 11.6. The number of hydrogen-bond donors (Lipinski definition) is 1. The van der Waals surface area contributed by atoms with Crippen molar-refractivity contribution in [2.75, 3.05) is 5.75 Å². The van der Waals surface area contributed by atoms with Crippen LogP contribution in [0.5, 0.6) is 0 Å². The molecule has 1 N–H and O–H groups in total. The van der Waals surface area contributed by atoms with Crippen molar-refractivity contribution < 1.29 is 4.79 Å². The Labute approximate surface area is 115 Å². The normalized spacial score (nSPS) is 17.7. The second-order valence-electron chi connectivity index (χ2n) is 3.94. The Balaban J connectivity index is 2.14. The summed E-state index contributed by atoms with van der Waals surface area (Å²) in [6, 6.07) is 3.86. The number of amides is 1. The fourth-order valence-corrected chi connectivity index (χ4v) is 2.31. The molecular weight excluding hydrogens is 270 g/mol. The zero-order valence-electron chi connectivity index (χ0n) is 10.0. The topological polar surface area (TPSA) is 53.8 Å². The van der Waals surface area contributed by atoms with Gasteiger partial charge in [-0.05, 0) is 42.7 Å². The van der Waals surface area contributed by atoms with E-state index in [0.717, 1.165) is 21.7 Å². The van der Waals surface area contributed by atoms with Crippen LogP contribution in [-0.2, 0) is 4.79 Å². The number of rotatable bonds is 2. The van der Waals surface area contributed by atoms with Crippen LogP contribution in [0, 0.1) is 13.8 Å². The van der Waals surface area contributed by atoms with Gasteiger partial charge in [0.05, 0.1) is 12.0 Å². The van der Waals surface area contributed by atoms with Gasteiger partial charge in [0.1, 0.15) is 0 Å². The standard InChI is InChI=1S/C12H12ClN3OS/c1-7-4-10(13)8(2)3-9(7)5-14-16-12-15-11(17)6-18-12/h3-5H,6H2,1-2H3,(H,15,16,17). The number of carbonyl (C=O) groups is 1. The maximum absolute atomic E-state index is 10.9. The van der Waals surface area contributed by atoms with Gasteiger partial charge in [-0.25, -0.2) is 0 Å². The molecule has 0 bridgehead atoms. The molecule has 1 saturated heterocycles. The average Bonchev–Trinajstić information content (AvgIpc) is 2.71. The van der Waals surface area contributed by atoms with Gasteiger partial charge in [-0.15, -0.1) is 5.10 Å². The number of carbonyl (C=O) groups excluding carboxylic acids is 1. The predicted molar refractivity (Wildman–Crippen MR) is 76.6 cm³/mol. The summed E-state index contributed by atoms with van der Waals surface area (Å²) in [6.07, 6.45) is 1.66. The lowest BCUT2D eigenvalue weighted by Crippen LogP contribution is -2.19. The van der Waals surface area contributed by atoms with Gasteiger partial charge < -0.3 is 5.32 Å². The molecule has 0 spiro atoms. The quantitative estimate of drug-likeness (QED) is 0.669. The highest BCUT2D eigenvalue weighted by atomic mass is 35.5. The van der Waals surface area contributed by atoms with Crippen molar-refractivity contribution in [1.82, 2.24) is 5.32 Å². The van der Waals surface area contributed by atoms with E-state index < -0.39 is 0 Å². The highest BCUT2D eigenvalue weighted by Crippen LogP contribution is 2.19. The lowest BCUT2D eigenvalue weighted by Gasteiger charge is -2.03. The van der Waals surface area contributed by atoms with Crippen molar-refractivity contribution in [1.29, 1.82) is 0 Å². The maximum atomic E-state index is 10.9. The number of halogens is 1.